The Morgan fingerprint density at radius 3 is 1.63 bits per heavy atom. The summed E-state index contributed by atoms with van der Waals surface area (Å²) in [5.41, 5.74) is 12.5. The van der Waals surface area contributed by atoms with Gasteiger partial charge in [0.15, 0.2) is 0 Å². The Bertz CT molecular complexity index is 3020. The van der Waals surface area contributed by atoms with Crippen LogP contribution in [0, 0.1) is 0 Å². The van der Waals surface area contributed by atoms with Crippen molar-refractivity contribution in [3.63, 3.8) is 0 Å². The van der Waals surface area contributed by atoms with Crippen LogP contribution in [-0.2, 0) is 14.1 Å². The normalized spacial score (nSPS) is 13.7. The summed E-state index contributed by atoms with van der Waals surface area (Å²) in [5, 5.41) is 0. The van der Waals surface area contributed by atoms with Gasteiger partial charge in [-0.25, -0.2) is 9.97 Å². The van der Waals surface area contributed by atoms with Gasteiger partial charge < -0.3 is 23.0 Å². The molecule has 0 bridgehead atoms. The van der Waals surface area contributed by atoms with Gasteiger partial charge in [-0.05, 0) is 82.6 Å². The maximum atomic E-state index is 6.57. The van der Waals surface area contributed by atoms with Crippen molar-refractivity contribution in [2.24, 2.45) is 14.1 Å². The lowest BCUT2D eigenvalue weighted by Gasteiger charge is -2.33. The second-order valence-electron chi connectivity index (χ2n) is 15.5. The first-order valence-electron chi connectivity index (χ1n) is 19.6. The maximum absolute atomic E-state index is 6.57. The van der Waals surface area contributed by atoms with Crippen molar-refractivity contribution in [3.05, 3.63) is 146 Å². The molecule has 0 amide bonds. The van der Waals surface area contributed by atoms with E-state index in [1.165, 1.54) is 36.0 Å². The number of rotatable bonds is 4. The molecule has 6 aromatic carbocycles. The summed E-state index contributed by atoms with van der Waals surface area (Å²) < 4.78 is 23.7. The number of furan rings is 1. The first-order chi connectivity index (χ1) is 29.0. The van der Waals surface area contributed by atoms with Crippen LogP contribution in [0.5, 0.6) is 23.0 Å². The highest BCUT2D eigenvalue weighted by Crippen LogP contribution is 2.41. The highest BCUT2D eigenvalue weighted by atomic mass is 32.2. The molecule has 11 heteroatoms. The minimum Gasteiger partial charge on any atom is -0.464 e. The first kappa shape index (κ1) is 33.4. The number of hydrogen-bond acceptors (Lipinski definition) is 7. The van der Waals surface area contributed by atoms with Crippen LogP contribution in [0.25, 0.3) is 45.2 Å². The molecule has 4 aliphatic heterocycles. The van der Waals surface area contributed by atoms with Crippen molar-refractivity contribution >= 4 is 69.7 Å². The minimum atomic E-state index is -0.0828. The van der Waals surface area contributed by atoms with E-state index in [0.29, 0.717) is 0 Å². The average Bonchev–Trinajstić information content (AvgIpc) is 4.05. The van der Waals surface area contributed by atoms with Gasteiger partial charge in [0.1, 0.15) is 40.4 Å². The standard InChI is InChI=1S/C48H30B2N4O3S2/c1-53-19-17-51-47(53)29-10-14-37-33(23-29)49-32-21-27(9-13-36(32)56-38-5-3-6-39(57-37)45(38)49)31-25-40(55-26-31)28-11-15-41-34(22-28)50-35-24-30(48-52-18-20-54(48)2)12-16-42(35)59-44-8-4-7-43(58-41)46(44)50/h3-26H,1-2H3. The Kier molecular flexibility index (Phi) is 7.07. The Morgan fingerprint density at radius 1 is 0.475 bits per heavy atom. The van der Waals surface area contributed by atoms with E-state index in [2.05, 4.69) is 119 Å². The van der Waals surface area contributed by atoms with Crippen molar-refractivity contribution in [1.29, 1.82) is 0 Å². The van der Waals surface area contributed by atoms with E-state index in [0.717, 1.165) is 84.6 Å². The van der Waals surface area contributed by atoms with Crippen LogP contribution in [-0.4, -0.2) is 32.5 Å². The van der Waals surface area contributed by atoms with Crippen LogP contribution in [0.2, 0.25) is 0 Å². The lowest BCUT2D eigenvalue weighted by atomic mass is 9.34. The molecule has 0 spiro atoms. The molecule has 0 N–H and O–H groups in total. The van der Waals surface area contributed by atoms with Gasteiger partial charge in [0.2, 0.25) is 6.71 Å². The Hall–Kier alpha value is -6.55. The number of imidazole rings is 2. The van der Waals surface area contributed by atoms with Crippen LogP contribution < -0.4 is 42.3 Å². The number of fused-ring (bicyclic) bond motifs is 8. The van der Waals surface area contributed by atoms with E-state index >= 15 is 0 Å². The molecule has 4 aliphatic rings. The largest absolute Gasteiger partial charge is 0.464 e. The maximum Gasteiger partial charge on any atom is 0.260 e. The van der Waals surface area contributed by atoms with E-state index in [1.807, 2.05) is 84.4 Å². The van der Waals surface area contributed by atoms with Gasteiger partial charge >= 0.3 is 0 Å². The van der Waals surface area contributed by atoms with Crippen LogP contribution in [0.4, 0.5) is 0 Å². The molecule has 9 aromatic rings. The van der Waals surface area contributed by atoms with Crippen LogP contribution >= 0.6 is 23.5 Å². The molecular formula is C48H30B2N4O3S2. The summed E-state index contributed by atoms with van der Waals surface area (Å²) in [7, 11) is 4.07. The predicted molar refractivity (Wildman–Crippen MR) is 237 cm³/mol. The van der Waals surface area contributed by atoms with E-state index in [1.54, 1.807) is 0 Å². The summed E-state index contributed by atoms with van der Waals surface area (Å²) >= 11 is 3.73. The van der Waals surface area contributed by atoms with Gasteiger partial charge in [0.05, 0.1) is 6.26 Å². The molecule has 0 atom stereocenters. The summed E-state index contributed by atoms with van der Waals surface area (Å²) in [5.74, 6) is 6.02. The highest BCUT2D eigenvalue weighted by molar-refractivity contribution is 8.01. The number of aromatic nitrogens is 4. The fourth-order valence-corrected chi connectivity index (χ4v) is 11.8. The second kappa shape index (κ2) is 12.5. The lowest BCUT2D eigenvalue weighted by molar-refractivity contribution is 0.464. The number of aryl methyl sites for hydroxylation is 2. The molecule has 7 heterocycles. The third kappa shape index (κ3) is 5.01. The average molecular weight is 797 g/mol. The Morgan fingerprint density at radius 2 is 1.00 bits per heavy atom. The monoisotopic (exact) mass is 796 g/mol. The summed E-state index contributed by atoms with van der Waals surface area (Å²) in [6.07, 6.45) is 9.55. The zero-order chi connectivity index (χ0) is 38.9. The highest BCUT2D eigenvalue weighted by Gasteiger charge is 2.41. The molecule has 0 aliphatic carbocycles. The van der Waals surface area contributed by atoms with Gasteiger partial charge in [-0.3, -0.25) is 0 Å². The SMILES string of the molecule is Cn1ccnc1-c1ccc2c(c1)B1c3cc(-c4coc(-c5ccc6c(c5)B5c7cc(-c8nccn8C)ccc7Sc7cccc(c75)S6)c4)ccc3Oc3cccc(c31)O2. The molecule has 0 radical (unpaired) electrons. The molecular weight excluding hydrogens is 766 g/mol. The fraction of sp³-hybridized carbons (Fsp3) is 0.0417. The van der Waals surface area contributed by atoms with Crippen molar-refractivity contribution < 1.29 is 13.9 Å². The van der Waals surface area contributed by atoms with Crippen molar-refractivity contribution in [2.45, 2.75) is 19.6 Å². The zero-order valence-electron chi connectivity index (χ0n) is 31.8. The lowest BCUT2D eigenvalue weighted by Crippen LogP contribution is -2.58. The second-order valence-corrected chi connectivity index (χ2v) is 17.7. The van der Waals surface area contributed by atoms with E-state index < -0.39 is 0 Å². The minimum absolute atomic E-state index is 0.0828. The third-order valence-corrected chi connectivity index (χ3v) is 14.5. The number of nitrogens with zero attached hydrogens (tertiary/aromatic N) is 4. The van der Waals surface area contributed by atoms with E-state index in [-0.39, 0.29) is 13.4 Å². The number of benzene rings is 6. The molecule has 13 rings (SSSR count). The molecule has 0 fully saturated rings. The zero-order valence-corrected chi connectivity index (χ0v) is 33.5. The van der Waals surface area contributed by atoms with E-state index in [4.69, 9.17) is 13.9 Å². The summed E-state index contributed by atoms with van der Waals surface area (Å²) in [6, 6.07) is 41.4. The van der Waals surface area contributed by atoms with Crippen LogP contribution in [0.3, 0.4) is 0 Å². The van der Waals surface area contributed by atoms with Crippen LogP contribution in [0.1, 0.15) is 0 Å². The summed E-state index contributed by atoms with van der Waals surface area (Å²) in [6.45, 7) is 0.0117. The van der Waals surface area contributed by atoms with Gasteiger partial charge in [0, 0.05) is 86.2 Å². The van der Waals surface area contributed by atoms with E-state index in [9.17, 15) is 0 Å². The Balaban J connectivity index is 0.897. The molecule has 7 nitrogen and oxygen atoms in total. The van der Waals surface area contributed by atoms with Gasteiger partial charge in [0.25, 0.3) is 6.71 Å². The quantitative estimate of drug-likeness (QED) is 0.170. The van der Waals surface area contributed by atoms with Crippen LogP contribution in [0.15, 0.2) is 170 Å². The third-order valence-electron chi connectivity index (χ3n) is 12.2. The van der Waals surface area contributed by atoms with Gasteiger partial charge in [-0.2, -0.15) is 0 Å². The molecule has 278 valence electrons. The molecule has 0 saturated heterocycles. The van der Waals surface area contributed by atoms with Gasteiger partial charge in [-0.15, -0.1) is 0 Å². The van der Waals surface area contributed by atoms with Gasteiger partial charge in [-0.1, -0.05) is 89.0 Å². The Labute approximate surface area is 349 Å². The topological polar surface area (TPSA) is 67.2 Å². The molecule has 0 saturated carbocycles. The molecule has 0 unspecified atom stereocenters. The fourth-order valence-electron chi connectivity index (χ4n) is 9.41. The van der Waals surface area contributed by atoms with Crippen molar-refractivity contribution in [2.75, 3.05) is 0 Å². The number of hydrogen-bond donors (Lipinski definition) is 0. The number of ether oxygens (including phenoxy) is 2. The first-order valence-corrected chi connectivity index (χ1v) is 21.2. The summed E-state index contributed by atoms with van der Waals surface area (Å²) in [4.78, 5) is 14.5. The smallest absolute Gasteiger partial charge is 0.260 e. The molecule has 3 aromatic heterocycles. The predicted octanol–water partition coefficient (Wildman–Crippen LogP) is 7.59. The van der Waals surface area contributed by atoms with Crippen molar-refractivity contribution in [3.8, 4) is 68.2 Å². The van der Waals surface area contributed by atoms with Crippen molar-refractivity contribution in [1.82, 2.24) is 19.1 Å². The molecule has 59 heavy (non-hydrogen) atoms.